The second kappa shape index (κ2) is 7.95. The molecule has 140 valence electrons. The molecule has 0 saturated carbocycles. The van der Waals surface area contributed by atoms with Crippen LogP contribution in [0.3, 0.4) is 0 Å². The van der Waals surface area contributed by atoms with E-state index in [0.29, 0.717) is 44.4 Å². The molecule has 1 unspecified atom stereocenters. The van der Waals surface area contributed by atoms with Gasteiger partial charge in [-0.25, -0.2) is 4.79 Å². The van der Waals surface area contributed by atoms with Gasteiger partial charge in [0.1, 0.15) is 0 Å². The summed E-state index contributed by atoms with van der Waals surface area (Å²) >= 11 is 5.89. The van der Waals surface area contributed by atoms with Gasteiger partial charge in [-0.2, -0.15) is 0 Å². The first-order valence-electron chi connectivity index (χ1n) is 8.76. The molecule has 0 aliphatic carbocycles. The number of hydrogen-bond donors (Lipinski definition) is 0. The van der Waals surface area contributed by atoms with Crippen LogP contribution in [0.25, 0.3) is 0 Å². The number of carbonyl (C=O) groups excluding carboxylic acids is 3. The van der Waals surface area contributed by atoms with Crippen molar-refractivity contribution >= 4 is 35.2 Å². The average Bonchev–Trinajstić information content (AvgIpc) is 3.04. The molecule has 2 aliphatic rings. The van der Waals surface area contributed by atoms with E-state index in [1.54, 1.807) is 45.9 Å². The van der Waals surface area contributed by atoms with Gasteiger partial charge in [0.25, 0.3) is 0 Å². The zero-order valence-corrected chi connectivity index (χ0v) is 15.4. The zero-order valence-electron chi connectivity index (χ0n) is 14.7. The van der Waals surface area contributed by atoms with Gasteiger partial charge in [0.15, 0.2) is 0 Å². The Morgan fingerprint density at radius 3 is 2.35 bits per heavy atom. The summed E-state index contributed by atoms with van der Waals surface area (Å²) < 4.78 is 4.99. The van der Waals surface area contributed by atoms with E-state index in [0.717, 1.165) is 5.69 Å². The van der Waals surface area contributed by atoms with Gasteiger partial charge in [0.05, 0.1) is 12.5 Å². The number of ether oxygens (including phenoxy) is 1. The molecule has 3 rings (SSSR count). The second-order valence-electron chi connectivity index (χ2n) is 6.39. The molecule has 0 N–H and O–H groups in total. The number of piperazine rings is 1. The summed E-state index contributed by atoms with van der Waals surface area (Å²) in [6.07, 6.45) is -0.135. The number of hydrogen-bond acceptors (Lipinski definition) is 4. The lowest BCUT2D eigenvalue weighted by atomic mass is 10.1. The maximum Gasteiger partial charge on any atom is 0.409 e. The minimum atomic E-state index is -0.354. The summed E-state index contributed by atoms with van der Waals surface area (Å²) in [5, 5.41) is 0.604. The number of amides is 3. The number of rotatable bonds is 3. The summed E-state index contributed by atoms with van der Waals surface area (Å²) in [5.41, 5.74) is 0.752. The van der Waals surface area contributed by atoms with Gasteiger partial charge in [0.2, 0.25) is 11.8 Å². The fourth-order valence-electron chi connectivity index (χ4n) is 3.33. The van der Waals surface area contributed by atoms with Crippen molar-refractivity contribution in [3.05, 3.63) is 29.3 Å². The molecule has 2 heterocycles. The van der Waals surface area contributed by atoms with Crippen LogP contribution in [-0.4, -0.2) is 67.0 Å². The fraction of sp³-hybridized carbons (Fsp3) is 0.500. The topological polar surface area (TPSA) is 70.2 Å². The fourth-order valence-corrected chi connectivity index (χ4v) is 3.45. The molecule has 2 saturated heterocycles. The summed E-state index contributed by atoms with van der Waals surface area (Å²) in [7, 11) is 0. The molecule has 1 aromatic carbocycles. The molecule has 2 aliphatic heterocycles. The molecule has 0 aromatic heterocycles. The lowest BCUT2D eigenvalue weighted by Crippen LogP contribution is -2.52. The van der Waals surface area contributed by atoms with E-state index < -0.39 is 0 Å². The summed E-state index contributed by atoms with van der Waals surface area (Å²) in [6.45, 7) is 4.30. The minimum absolute atomic E-state index is 0.0293. The molecule has 0 radical (unpaired) electrons. The van der Waals surface area contributed by atoms with Crippen LogP contribution in [0.15, 0.2) is 24.3 Å². The van der Waals surface area contributed by atoms with Gasteiger partial charge in [-0.15, -0.1) is 0 Å². The monoisotopic (exact) mass is 379 g/mol. The summed E-state index contributed by atoms with van der Waals surface area (Å²) in [6, 6.07) is 7.03. The predicted octanol–water partition coefficient (Wildman–Crippen LogP) is 1.99. The predicted molar refractivity (Wildman–Crippen MR) is 97.1 cm³/mol. The van der Waals surface area contributed by atoms with Gasteiger partial charge < -0.3 is 19.4 Å². The number of carbonyl (C=O) groups is 3. The minimum Gasteiger partial charge on any atom is -0.450 e. The highest BCUT2D eigenvalue weighted by Gasteiger charge is 2.38. The second-order valence-corrected chi connectivity index (χ2v) is 6.83. The van der Waals surface area contributed by atoms with Crippen molar-refractivity contribution in [1.29, 1.82) is 0 Å². The van der Waals surface area contributed by atoms with Gasteiger partial charge in [0, 0.05) is 49.9 Å². The van der Waals surface area contributed by atoms with Crippen LogP contribution in [0.2, 0.25) is 5.02 Å². The lowest BCUT2D eigenvalue weighted by molar-refractivity contribution is -0.137. The Labute approximate surface area is 157 Å². The molecule has 3 amide bonds. The number of halogens is 1. The Hall–Kier alpha value is -2.28. The normalized spacial score (nSPS) is 20.5. The average molecular weight is 380 g/mol. The summed E-state index contributed by atoms with van der Waals surface area (Å²) in [5.74, 6) is -0.443. The Morgan fingerprint density at radius 2 is 1.73 bits per heavy atom. The maximum absolute atomic E-state index is 12.8. The third kappa shape index (κ3) is 3.93. The third-order valence-electron chi connectivity index (χ3n) is 4.73. The smallest absolute Gasteiger partial charge is 0.409 e. The van der Waals surface area contributed by atoms with Crippen LogP contribution >= 0.6 is 11.6 Å². The first-order chi connectivity index (χ1) is 12.5. The molecule has 26 heavy (non-hydrogen) atoms. The van der Waals surface area contributed by atoms with Crippen molar-refractivity contribution in [2.24, 2.45) is 5.92 Å². The first-order valence-corrected chi connectivity index (χ1v) is 9.13. The van der Waals surface area contributed by atoms with E-state index >= 15 is 0 Å². The van der Waals surface area contributed by atoms with E-state index in [2.05, 4.69) is 0 Å². The Kier molecular flexibility index (Phi) is 5.66. The third-order valence-corrected chi connectivity index (χ3v) is 4.98. The van der Waals surface area contributed by atoms with Crippen molar-refractivity contribution in [2.45, 2.75) is 13.3 Å². The van der Waals surface area contributed by atoms with E-state index in [1.807, 2.05) is 0 Å². The van der Waals surface area contributed by atoms with Crippen molar-refractivity contribution in [3.8, 4) is 0 Å². The molecular weight excluding hydrogens is 358 g/mol. The zero-order chi connectivity index (χ0) is 18.7. The van der Waals surface area contributed by atoms with Crippen LogP contribution < -0.4 is 4.90 Å². The van der Waals surface area contributed by atoms with Crippen molar-refractivity contribution in [1.82, 2.24) is 9.80 Å². The van der Waals surface area contributed by atoms with E-state index in [1.165, 1.54) is 0 Å². The molecule has 2 fully saturated rings. The van der Waals surface area contributed by atoms with Crippen molar-refractivity contribution < 1.29 is 19.1 Å². The number of nitrogens with zero attached hydrogens (tertiary/aromatic N) is 3. The highest BCUT2D eigenvalue weighted by molar-refractivity contribution is 6.30. The van der Waals surface area contributed by atoms with Crippen molar-refractivity contribution in [2.75, 3.05) is 44.2 Å². The SMILES string of the molecule is CCOC(=O)N1CCN(C(=O)C2CC(=O)N(c3ccc(Cl)cc3)C2)CC1. The van der Waals surface area contributed by atoms with Gasteiger partial charge >= 0.3 is 6.09 Å². The van der Waals surface area contributed by atoms with Crippen LogP contribution in [0.1, 0.15) is 13.3 Å². The van der Waals surface area contributed by atoms with Crippen LogP contribution in [0.4, 0.5) is 10.5 Å². The standard InChI is InChI=1S/C18H22ClN3O4/c1-2-26-18(25)21-9-7-20(8-10-21)17(24)13-11-16(23)22(12-13)15-5-3-14(19)4-6-15/h3-6,13H,2,7-12H2,1H3. The lowest BCUT2D eigenvalue weighted by Gasteiger charge is -2.35. The Bertz CT molecular complexity index is 686. The molecule has 1 atom stereocenters. The first kappa shape index (κ1) is 18.5. The molecule has 0 spiro atoms. The number of anilines is 1. The molecule has 8 heteroatoms. The Morgan fingerprint density at radius 1 is 1.12 bits per heavy atom. The molecule has 1 aromatic rings. The van der Waals surface area contributed by atoms with Crippen molar-refractivity contribution in [3.63, 3.8) is 0 Å². The van der Waals surface area contributed by atoms with E-state index in [4.69, 9.17) is 16.3 Å². The largest absolute Gasteiger partial charge is 0.450 e. The number of benzene rings is 1. The van der Waals surface area contributed by atoms with E-state index in [9.17, 15) is 14.4 Å². The van der Waals surface area contributed by atoms with Crippen LogP contribution in [-0.2, 0) is 14.3 Å². The highest BCUT2D eigenvalue weighted by Crippen LogP contribution is 2.27. The maximum atomic E-state index is 12.8. The summed E-state index contributed by atoms with van der Waals surface area (Å²) in [4.78, 5) is 41.8. The van der Waals surface area contributed by atoms with Gasteiger partial charge in [-0.3, -0.25) is 9.59 Å². The van der Waals surface area contributed by atoms with Gasteiger partial charge in [-0.05, 0) is 31.2 Å². The molecule has 7 nitrogen and oxygen atoms in total. The molecular formula is C18H22ClN3O4. The van der Waals surface area contributed by atoms with Crippen LogP contribution in [0, 0.1) is 5.92 Å². The van der Waals surface area contributed by atoms with Crippen LogP contribution in [0.5, 0.6) is 0 Å². The van der Waals surface area contributed by atoms with E-state index in [-0.39, 0.29) is 30.2 Å². The highest BCUT2D eigenvalue weighted by atomic mass is 35.5. The quantitative estimate of drug-likeness (QED) is 0.805. The van der Waals surface area contributed by atoms with Gasteiger partial charge in [-0.1, -0.05) is 11.6 Å². The molecule has 0 bridgehead atoms. The Balaban J connectivity index is 1.57.